The number of rotatable bonds is 8. The van der Waals surface area contributed by atoms with Crippen LogP contribution < -0.4 is 15.4 Å². The lowest BCUT2D eigenvalue weighted by atomic mass is 10.1. The van der Waals surface area contributed by atoms with Crippen LogP contribution in [0.2, 0.25) is 0 Å². The van der Waals surface area contributed by atoms with Gasteiger partial charge in [0.25, 0.3) is 5.91 Å². The van der Waals surface area contributed by atoms with Crippen LogP contribution in [0.4, 0.5) is 11.4 Å². The summed E-state index contributed by atoms with van der Waals surface area (Å²) in [5.74, 6) is 0.502. The fourth-order valence-electron chi connectivity index (χ4n) is 4.27. The molecule has 2 heterocycles. The minimum atomic E-state index is -0.209. The van der Waals surface area contributed by atoms with Gasteiger partial charge < -0.3 is 19.9 Å². The zero-order valence-electron chi connectivity index (χ0n) is 19.1. The first kappa shape index (κ1) is 22.6. The Morgan fingerprint density at radius 3 is 2.36 bits per heavy atom. The van der Waals surface area contributed by atoms with Gasteiger partial charge in [0, 0.05) is 35.9 Å². The number of anilines is 2. The lowest BCUT2D eigenvalue weighted by molar-refractivity contribution is -0.117. The quantitative estimate of drug-likeness (QED) is 0.536. The third-order valence-electron chi connectivity index (χ3n) is 5.89. The molecule has 33 heavy (non-hydrogen) atoms. The van der Waals surface area contributed by atoms with Gasteiger partial charge in [-0.15, -0.1) is 0 Å². The number of hydrogen-bond acceptors (Lipinski definition) is 4. The summed E-state index contributed by atoms with van der Waals surface area (Å²) in [6.45, 7) is 3.78. The summed E-state index contributed by atoms with van der Waals surface area (Å²) in [5.41, 5.74) is 3.12. The third kappa shape index (κ3) is 5.62. The summed E-state index contributed by atoms with van der Waals surface area (Å²) in [7, 11) is 2.04. The van der Waals surface area contributed by atoms with E-state index in [-0.39, 0.29) is 17.9 Å². The zero-order chi connectivity index (χ0) is 23.2. The number of nitrogens with zero attached hydrogens (tertiary/aromatic N) is 2. The zero-order valence-corrected chi connectivity index (χ0v) is 19.1. The number of hydrogen-bond donors (Lipinski definition) is 2. The van der Waals surface area contributed by atoms with Crippen molar-refractivity contribution in [3.8, 4) is 5.75 Å². The van der Waals surface area contributed by atoms with Crippen LogP contribution >= 0.6 is 0 Å². The molecule has 2 aromatic carbocycles. The Morgan fingerprint density at radius 2 is 1.70 bits per heavy atom. The molecule has 1 saturated heterocycles. The van der Waals surface area contributed by atoms with Crippen LogP contribution in [0.1, 0.15) is 41.9 Å². The molecule has 1 aliphatic rings. The molecule has 0 aliphatic carbocycles. The number of aromatic nitrogens is 1. The number of likely N-dealkylation sites (tertiary alicyclic amines) is 1. The van der Waals surface area contributed by atoms with Crippen LogP contribution in [-0.2, 0) is 11.8 Å². The molecule has 7 heteroatoms. The highest BCUT2D eigenvalue weighted by Crippen LogP contribution is 2.31. The van der Waals surface area contributed by atoms with E-state index in [4.69, 9.17) is 4.74 Å². The van der Waals surface area contributed by atoms with E-state index in [1.54, 1.807) is 36.4 Å². The summed E-state index contributed by atoms with van der Waals surface area (Å²) >= 11 is 0. The van der Waals surface area contributed by atoms with Gasteiger partial charge >= 0.3 is 0 Å². The molecule has 3 aromatic rings. The van der Waals surface area contributed by atoms with Gasteiger partial charge in [-0.2, -0.15) is 0 Å². The average Bonchev–Trinajstić information content (AvgIpc) is 3.44. The van der Waals surface area contributed by atoms with E-state index in [0.29, 0.717) is 30.1 Å². The molecule has 2 N–H and O–H groups in total. The Balaban J connectivity index is 1.31. The molecule has 1 aliphatic heterocycles. The highest BCUT2D eigenvalue weighted by molar-refractivity contribution is 6.04. The molecule has 0 bridgehead atoms. The molecule has 0 radical (unpaired) electrons. The van der Waals surface area contributed by atoms with Gasteiger partial charge in [-0.1, -0.05) is 0 Å². The second-order valence-electron chi connectivity index (χ2n) is 8.21. The number of carbonyl (C=O) groups excluding carboxylic acids is 2. The Bertz CT molecular complexity index is 1090. The first-order valence-electron chi connectivity index (χ1n) is 11.3. The van der Waals surface area contributed by atoms with E-state index in [2.05, 4.69) is 26.2 Å². The topological polar surface area (TPSA) is 75.6 Å². The van der Waals surface area contributed by atoms with Crippen molar-refractivity contribution in [1.82, 2.24) is 9.47 Å². The van der Waals surface area contributed by atoms with E-state index in [1.807, 2.05) is 38.4 Å². The van der Waals surface area contributed by atoms with E-state index >= 15 is 0 Å². The molecule has 1 fully saturated rings. The second-order valence-corrected chi connectivity index (χ2v) is 8.21. The Hall–Kier alpha value is -3.58. The molecule has 1 atom stereocenters. The predicted molar refractivity (Wildman–Crippen MR) is 130 cm³/mol. The third-order valence-corrected chi connectivity index (χ3v) is 5.89. The normalized spacial score (nSPS) is 15.9. The van der Waals surface area contributed by atoms with Crippen molar-refractivity contribution >= 4 is 23.2 Å². The minimum absolute atomic E-state index is 0.0531. The van der Waals surface area contributed by atoms with E-state index < -0.39 is 0 Å². The molecule has 1 unspecified atom stereocenters. The van der Waals surface area contributed by atoms with E-state index in [0.717, 1.165) is 25.1 Å². The first-order valence-corrected chi connectivity index (χ1v) is 11.3. The molecule has 0 saturated carbocycles. The van der Waals surface area contributed by atoms with Crippen molar-refractivity contribution < 1.29 is 14.3 Å². The number of nitrogens with one attached hydrogen (secondary N) is 2. The molecular weight excluding hydrogens is 416 g/mol. The van der Waals surface area contributed by atoms with Crippen molar-refractivity contribution in [2.45, 2.75) is 25.8 Å². The molecule has 2 amide bonds. The molecular formula is C26H30N4O3. The number of amides is 2. The van der Waals surface area contributed by atoms with E-state index in [9.17, 15) is 9.59 Å². The Kier molecular flexibility index (Phi) is 7.10. The maximum atomic E-state index is 12.7. The van der Waals surface area contributed by atoms with Gasteiger partial charge in [0.05, 0.1) is 19.2 Å². The van der Waals surface area contributed by atoms with E-state index in [1.165, 1.54) is 5.69 Å². The number of carbonyl (C=O) groups is 2. The summed E-state index contributed by atoms with van der Waals surface area (Å²) in [4.78, 5) is 27.4. The van der Waals surface area contributed by atoms with Crippen molar-refractivity contribution in [2.75, 3.05) is 30.3 Å². The van der Waals surface area contributed by atoms with Crippen LogP contribution in [0.5, 0.6) is 5.75 Å². The van der Waals surface area contributed by atoms with Crippen LogP contribution in [0, 0.1) is 0 Å². The number of benzene rings is 2. The fourth-order valence-corrected chi connectivity index (χ4v) is 4.27. The number of aryl methyl sites for hydroxylation is 1. The highest BCUT2D eigenvalue weighted by Gasteiger charge is 2.28. The maximum Gasteiger partial charge on any atom is 0.255 e. The van der Waals surface area contributed by atoms with Gasteiger partial charge in [0.1, 0.15) is 5.75 Å². The van der Waals surface area contributed by atoms with Crippen LogP contribution in [-0.4, -0.2) is 41.0 Å². The standard InChI is InChI=1S/C26H30N4O3/c1-3-33-22-14-12-21(13-15-22)28-26(32)19-8-10-20(11-9-19)27-25(31)18-30-17-5-7-24(30)23-6-4-16-29(23)2/h4,6,8-16,24H,3,5,7,17-18H2,1-2H3,(H,27,31)(H,28,32). The lowest BCUT2D eigenvalue weighted by Gasteiger charge is -2.24. The Morgan fingerprint density at radius 1 is 1.00 bits per heavy atom. The summed E-state index contributed by atoms with van der Waals surface area (Å²) in [6.07, 6.45) is 4.18. The highest BCUT2D eigenvalue weighted by atomic mass is 16.5. The minimum Gasteiger partial charge on any atom is -0.494 e. The average molecular weight is 447 g/mol. The van der Waals surface area contributed by atoms with Gasteiger partial charge in [-0.3, -0.25) is 14.5 Å². The summed E-state index contributed by atoms with van der Waals surface area (Å²) in [6, 6.07) is 18.6. The summed E-state index contributed by atoms with van der Waals surface area (Å²) < 4.78 is 7.54. The molecule has 7 nitrogen and oxygen atoms in total. The van der Waals surface area contributed by atoms with Gasteiger partial charge in [-0.05, 0) is 87.0 Å². The lowest BCUT2D eigenvalue weighted by Crippen LogP contribution is -2.33. The Labute approximate surface area is 194 Å². The SMILES string of the molecule is CCOc1ccc(NC(=O)c2ccc(NC(=O)CN3CCCC3c3cccn3C)cc2)cc1. The largest absolute Gasteiger partial charge is 0.494 e. The maximum absolute atomic E-state index is 12.7. The molecule has 4 rings (SSSR count). The van der Waals surface area contributed by atoms with Gasteiger partial charge in [-0.25, -0.2) is 0 Å². The monoisotopic (exact) mass is 446 g/mol. The summed E-state index contributed by atoms with van der Waals surface area (Å²) in [5, 5.41) is 5.82. The van der Waals surface area contributed by atoms with Gasteiger partial charge in [0.2, 0.25) is 5.91 Å². The molecule has 172 valence electrons. The van der Waals surface area contributed by atoms with Gasteiger partial charge in [0.15, 0.2) is 0 Å². The van der Waals surface area contributed by atoms with Crippen molar-refractivity contribution in [3.63, 3.8) is 0 Å². The van der Waals surface area contributed by atoms with Crippen molar-refractivity contribution in [2.24, 2.45) is 7.05 Å². The first-order chi connectivity index (χ1) is 16.0. The molecule has 1 aromatic heterocycles. The smallest absolute Gasteiger partial charge is 0.255 e. The van der Waals surface area contributed by atoms with Crippen molar-refractivity contribution in [3.05, 3.63) is 78.1 Å². The fraction of sp³-hybridized carbons (Fsp3) is 0.308. The van der Waals surface area contributed by atoms with Crippen LogP contribution in [0.15, 0.2) is 66.9 Å². The van der Waals surface area contributed by atoms with Crippen molar-refractivity contribution in [1.29, 1.82) is 0 Å². The predicted octanol–water partition coefficient (Wildman–Crippen LogP) is 4.45. The second kappa shape index (κ2) is 10.4. The number of ether oxygens (including phenoxy) is 1. The van der Waals surface area contributed by atoms with Crippen LogP contribution in [0.3, 0.4) is 0 Å². The molecule has 0 spiro atoms. The van der Waals surface area contributed by atoms with Crippen LogP contribution in [0.25, 0.3) is 0 Å².